The molecule has 0 aromatic carbocycles. The maximum Gasteiger partial charge on any atom is 0.406 e. The number of hydrogen-bond donors (Lipinski definition) is 2. The number of carboxylic acids is 1. The van der Waals surface area contributed by atoms with Crippen LogP contribution in [0.15, 0.2) is 0 Å². The minimum absolute atomic E-state index is 0.0688. The van der Waals surface area contributed by atoms with Crippen molar-refractivity contribution in [3.63, 3.8) is 0 Å². The minimum Gasteiger partial charge on any atom is -0.481 e. The minimum atomic E-state index is -4.26. The summed E-state index contributed by atoms with van der Waals surface area (Å²) in [6, 6.07) is -0.508. The number of carbonyl (C=O) groups is 1. The van der Waals surface area contributed by atoms with Gasteiger partial charge in [0, 0.05) is 6.04 Å². The first-order chi connectivity index (χ1) is 6.86. The van der Waals surface area contributed by atoms with Crippen molar-refractivity contribution >= 4 is 5.97 Å². The fraction of sp³-hybridized carbons (Fsp3) is 0.889. The summed E-state index contributed by atoms with van der Waals surface area (Å²) in [5.41, 5.74) is -1.79. The van der Waals surface area contributed by atoms with Gasteiger partial charge in [0.2, 0.25) is 0 Å². The Morgan fingerprint density at radius 2 is 1.93 bits per heavy atom. The van der Waals surface area contributed by atoms with Gasteiger partial charge in [-0.05, 0) is 25.7 Å². The summed E-state index contributed by atoms with van der Waals surface area (Å²) in [5, 5.41) is 11.2. The van der Waals surface area contributed by atoms with Gasteiger partial charge in [-0.25, -0.2) is 0 Å². The Morgan fingerprint density at radius 1 is 1.33 bits per heavy atom. The van der Waals surface area contributed by atoms with Gasteiger partial charge in [0.15, 0.2) is 0 Å². The third-order valence-electron chi connectivity index (χ3n) is 3.35. The lowest BCUT2D eigenvalue weighted by molar-refractivity contribution is -0.173. The highest BCUT2D eigenvalue weighted by molar-refractivity contribution is 5.72. The molecule has 2 aliphatic carbocycles. The standard InChI is InChI=1S/C9H12F3NO2/c10-9(11,12)8(3-4-8)13-6-2-1-5(6)7(14)15/h5-6,13H,1-4H2,(H,14,15). The number of hydrogen-bond acceptors (Lipinski definition) is 2. The molecule has 2 atom stereocenters. The Bertz CT molecular complexity index is 286. The molecule has 15 heavy (non-hydrogen) atoms. The SMILES string of the molecule is O=C(O)C1CCC1NC1(C(F)(F)F)CC1. The molecule has 2 unspecified atom stereocenters. The lowest BCUT2D eigenvalue weighted by Gasteiger charge is -2.37. The second kappa shape index (κ2) is 3.10. The van der Waals surface area contributed by atoms with Gasteiger partial charge in [0.05, 0.1) is 5.92 Å². The predicted molar refractivity (Wildman–Crippen MR) is 45.3 cm³/mol. The molecule has 2 saturated carbocycles. The predicted octanol–water partition coefficient (Wildman–Crippen LogP) is 1.53. The molecule has 0 saturated heterocycles. The molecule has 2 N–H and O–H groups in total. The second-order valence-electron chi connectivity index (χ2n) is 4.35. The van der Waals surface area contributed by atoms with Crippen LogP contribution in [0.5, 0.6) is 0 Å². The lowest BCUT2D eigenvalue weighted by atomic mass is 9.79. The van der Waals surface area contributed by atoms with Crippen molar-refractivity contribution in [2.75, 3.05) is 0 Å². The second-order valence-corrected chi connectivity index (χ2v) is 4.35. The van der Waals surface area contributed by atoms with Gasteiger partial charge >= 0.3 is 12.1 Å². The monoisotopic (exact) mass is 223 g/mol. The van der Waals surface area contributed by atoms with Gasteiger partial charge in [-0.15, -0.1) is 0 Å². The topological polar surface area (TPSA) is 49.3 Å². The molecule has 0 aliphatic heterocycles. The van der Waals surface area contributed by atoms with E-state index in [-0.39, 0.29) is 12.8 Å². The Hall–Kier alpha value is -0.780. The highest BCUT2D eigenvalue weighted by Crippen LogP contribution is 2.50. The van der Waals surface area contributed by atoms with Crippen LogP contribution in [0.3, 0.4) is 0 Å². The van der Waals surface area contributed by atoms with Crippen molar-refractivity contribution in [2.45, 2.75) is 43.4 Å². The van der Waals surface area contributed by atoms with Gasteiger partial charge in [0.25, 0.3) is 0 Å². The van der Waals surface area contributed by atoms with E-state index >= 15 is 0 Å². The first kappa shape index (κ1) is 10.7. The third kappa shape index (κ3) is 1.71. The van der Waals surface area contributed by atoms with Crippen LogP contribution in [-0.2, 0) is 4.79 Å². The van der Waals surface area contributed by atoms with Crippen LogP contribution in [0.4, 0.5) is 13.2 Å². The van der Waals surface area contributed by atoms with Crippen molar-refractivity contribution in [1.82, 2.24) is 5.32 Å². The number of alkyl halides is 3. The highest BCUT2D eigenvalue weighted by Gasteiger charge is 2.64. The fourth-order valence-electron chi connectivity index (χ4n) is 1.96. The number of aliphatic carboxylic acids is 1. The molecule has 0 spiro atoms. The zero-order valence-electron chi connectivity index (χ0n) is 7.97. The zero-order valence-corrected chi connectivity index (χ0v) is 7.97. The van der Waals surface area contributed by atoms with E-state index in [0.717, 1.165) is 0 Å². The van der Waals surface area contributed by atoms with E-state index in [4.69, 9.17) is 5.11 Å². The van der Waals surface area contributed by atoms with Crippen LogP contribution in [0.25, 0.3) is 0 Å². The van der Waals surface area contributed by atoms with Crippen LogP contribution in [0, 0.1) is 5.92 Å². The molecule has 0 radical (unpaired) electrons. The maximum atomic E-state index is 12.5. The maximum absolute atomic E-state index is 12.5. The largest absolute Gasteiger partial charge is 0.481 e. The van der Waals surface area contributed by atoms with Crippen LogP contribution in [-0.4, -0.2) is 28.8 Å². The van der Waals surface area contributed by atoms with Crippen molar-refractivity contribution in [2.24, 2.45) is 5.92 Å². The van der Waals surface area contributed by atoms with E-state index in [0.29, 0.717) is 12.8 Å². The van der Waals surface area contributed by atoms with Gasteiger partial charge < -0.3 is 5.11 Å². The van der Waals surface area contributed by atoms with Crippen LogP contribution in [0.2, 0.25) is 0 Å². The summed E-state index contributed by atoms with van der Waals surface area (Å²) in [6.45, 7) is 0. The molecule has 0 aromatic heterocycles. The van der Waals surface area contributed by atoms with Crippen LogP contribution in [0.1, 0.15) is 25.7 Å². The Kier molecular flexibility index (Phi) is 2.22. The van der Waals surface area contributed by atoms with Crippen molar-refractivity contribution in [1.29, 1.82) is 0 Å². The molecular weight excluding hydrogens is 211 g/mol. The van der Waals surface area contributed by atoms with Gasteiger partial charge in [-0.2, -0.15) is 13.2 Å². The molecule has 86 valence electrons. The number of nitrogens with one attached hydrogen (secondary N) is 1. The fourth-order valence-corrected chi connectivity index (χ4v) is 1.96. The number of rotatable bonds is 3. The van der Waals surface area contributed by atoms with E-state index in [1.54, 1.807) is 0 Å². The zero-order chi connectivity index (χ0) is 11.3. The van der Waals surface area contributed by atoms with Gasteiger partial charge in [-0.3, -0.25) is 10.1 Å². The highest BCUT2D eigenvalue weighted by atomic mass is 19.4. The molecule has 3 nitrogen and oxygen atoms in total. The molecule has 2 aliphatic rings. The summed E-state index contributed by atoms with van der Waals surface area (Å²) in [7, 11) is 0. The Balaban J connectivity index is 1.96. The first-order valence-electron chi connectivity index (χ1n) is 4.93. The van der Waals surface area contributed by atoms with E-state index < -0.39 is 29.6 Å². The lowest BCUT2D eigenvalue weighted by Crippen LogP contribution is -2.57. The molecule has 6 heteroatoms. The summed E-state index contributed by atoms with van der Waals surface area (Å²) in [6.07, 6.45) is -3.12. The molecular formula is C9H12F3NO2. The van der Waals surface area contributed by atoms with Crippen molar-refractivity contribution in [3.05, 3.63) is 0 Å². The molecule has 0 bridgehead atoms. The van der Waals surface area contributed by atoms with E-state index in [1.165, 1.54) is 0 Å². The molecule has 0 heterocycles. The molecule has 0 aromatic rings. The summed E-state index contributed by atoms with van der Waals surface area (Å²) < 4.78 is 37.6. The van der Waals surface area contributed by atoms with Crippen molar-refractivity contribution in [3.8, 4) is 0 Å². The van der Waals surface area contributed by atoms with E-state index in [1.807, 2.05) is 0 Å². The average Bonchev–Trinajstić information content (AvgIpc) is 2.75. The summed E-state index contributed by atoms with van der Waals surface area (Å²) >= 11 is 0. The number of carboxylic acid groups (broad SMARTS) is 1. The van der Waals surface area contributed by atoms with Gasteiger partial charge in [-0.1, -0.05) is 0 Å². The smallest absolute Gasteiger partial charge is 0.406 e. The van der Waals surface area contributed by atoms with E-state index in [9.17, 15) is 18.0 Å². The molecule has 2 rings (SSSR count). The average molecular weight is 223 g/mol. The van der Waals surface area contributed by atoms with Crippen molar-refractivity contribution < 1.29 is 23.1 Å². The summed E-state index contributed by atoms with van der Waals surface area (Å²) in [5.74, 6) is -1.65. The quantitative estimate of drug-likeness (QED) is 0.762. The van der Waals surface area contributed by atoms with Gasteiger partial charge in [0.1, 0.15) is 5.54 Å². The normalized spacial score (nSPS) is 33.3. The Labute approximate surface area is 84.6 Å². The van der Waals surface area contributed by atoms with E-state index in [2.05, 4.69) is 5.32 Å². The third-order valence-corrected chi connectivity index (χ3v) is 3.35. The van der Waals surface area contributed by atoms with Crippen LogP contribution < -0.4 is 5.32 Å². The Morgan fingerprint density at radius 3 is 2.20 bits per heavy atom. The molecule has 0 amide bonds. The first-order valence-corrected chi connectivity index (χ1v) is 4.93. The number of halogens is 3. The van der Waals surface area contributed by atoms with Crippen LogP contribution >= 0.6 is 0 Å². The summed E-state index contributed by atoms with van der Waals surface area (Å²) in [4.78, 5) is 10.6. The molecule has 2 fully saturated rings.